The molecule has 1 aliphatic rings. The molecule has 0 aromatic heterocycles. The van der Waals surface area contributed by atoms with Crippen LogP contribution in [0.25, 0.3) is 0 Å². The Morgan fingerprint density at radius 3 is 2.58 bits per heavy atom. The van der Waals surface area contributed by atoms with Crippen LogP contribution in [0, 0.1) is 0 Å². The van der Waals surface area contributed by atoms with Crippen molar-refractivity contribution in [3.05, 3.63) is 57.6 Å². The first kappa shape index (κ1) is 16.9. The molecule has 0 bridgehead atoms. The lowest BCUT2D eigenvalue weighted by atomic mass is 10.1. The second-order valence-electron chi connectivity index (χ2n) is 5.62. The lowest BCUT2D eigenvalue weighted by molar-refractivity contribution is -0.121. The highest BCUT2D eigenvalue weighted by atomic mass is 35.5. The van der Waals surface area contributed by atoms with Crippen molar-refractivity contribution in [3.63, 3.8) is 0 Å². The number of ether oxygens (including phenoxy) is 2. The molecule has 4 nitrogen and oxygen atoms in total. The highest BCUT2D eigenvalue weighted by Crippen LogP contribution is 2.32. The van der Waals surface area contributed by atoms with Gasteiger partial charge in [0.2, 0.25) is 5.91 Å². The second-order valence-corrected chi connectivity index (χ2v) is 6.43. The first-order valence-electron chi connectivity index (χ1n) is 7.66. The molecule has 0 saturated carbocycles. The van der Waals surface area contributed by atoms with E-state index in [0.717, 1.165) is 16.9 Å². The van der Waals surface area contributed by atoms with Gasteiger partial charge in [-0.15, -0.1) is 0 Å². The summed E-state index contributed by atoms with van der Waals surface area (Å²) in [6.45, 7) is 3.02. The van der Waals surface area contributed by atoms with Crippen LogP contribution in [0.4, 0.5) is 0 Å². The third kappa shape index (κ3) is 3.94. The summed E-state index contributed by atoms with van der Waals surface area (Å²) in [7, 11) is 0. The molecular weight excluding hydrogens is 349 g/mol. The van der Waals surface area contributed by atoms with Crippen molar-refractivity contribution >= 4 is 29.1 Å². The normalized spacial score (nSPS) is 14.1. The Hall–Kier alpha value is -1.91. The second kappa shape index (κ2) is 7.32. The molecule has 0 spiro atoms. The average molecular weight is 366 g/mol. The van der Waals surface area contributed by atoms with Crippen LogP contribution >= 0.6 is 23.2 Å². The van der Waals surface area contributed by atoms with Gasteiger partial charge >= 0.3 is 0 Å². The van der Waals surface area contributed by atoms with E-state index in [1.807, 2.05) is 25.1 Å². The predicted octanol–water partition coefficient (Wildman–Crippen LogP) is 4.18. The van der Waals surface area contributed by atoms with E-state index in [2.05, 4.69) is 5.32 Å². The maximum Gasteiger partial charge on any atom is 0.224 e. The first-order chi connectivity index (χ1) is 11.5. The number of carbonyl (C=O) groups excluding carboxylic acids is 1. The Bertz CT molecular complexity index is 764. The van der Waals surface area contributed by atoms with Gasteiger partial charge in [0.25, 0.3) is 0 Å². The van der Waals surface area contributed by atoms with E-state index in [-0.39, 0.29) is 18.4 Å². The van der Waals surface area contributed by atoms with Crippen LogP contribution in [0.3, 0.4) is 0 Å². The monoisotopic (exact) mass is 365 g/mol. The number of hydrogen-bond donors (Lipinski definition) is 1. The van der Waals surface area contributed by atoms with Gasteiger partial charge in [-0.1, -0.05) is 35.3 Å². The summed E-state index contributed by atoms with van der Waals surface area (Å²) in [5, 5.41) is 3.90. The molecule has 1 atom stereocenters. The van der Waals surface area contributed by atoms with Crippen LogP contribution in [-0.4, -0.2) is 19.1 Å². The summed E-state index contributed by atoms with van der Waals surface area (Å²) in [4.78, 5) is 12.2. The van der Waals surface area contributed by atoms with Gasteiger partial charge in [-0.25, -0.2) is 0 Å². The van der Waals surface area contributed by atoms with Gasteiger partial charge in [0.05, 0.1) is 22.5 Å². The number of benzene rings is 2. The summed E-state index contributed by atoms with van der Waals surface area (Å²) in [5.41, 5.74) is 1.78. The molecule has 0 aliphatic carbocycles. The van der Waals surface area contributed by atoms with Crippen molar-refractivity contribution in [2.24, 2.45) is 0 Å². The van der Waals surface area contributed by atoms with Gasteiger partial charge < -0.3 is 14.8 Å². The molecule has 6 heteroatoms. The number of hydrogen-bond acceptors (Lipinski definition) is 3. The maximum atomic E-state index is 12.2. The van der Waals surface area contributed by atoms with E-state index in [1.54, 1.807) is 18.2 Å². The minimum Gasteiger partial charge on any atom is -0.486 e. The molecule has 2 aromatic carbocycles. The van der Waals surface area contributed by atoms with E-state index in [9.17, 15) is 4.79 Å². The van der Waals surface area contributed by atoms with Gasteiger partial charge in [-0.05, 0) is 42.3 Å². The number of rotatable bonds is 4. The zero-order valence-corrected chi connectivity index (χ0v) is 14.7. The van der Waals surface area contributed by atoms with Crippen molar-refractivity contribution in [1.29, 1.82) is 0 Å². The van der Waals surface area contributed by atoms with Crippen LogP contribution in [-0.2, 0) is 11.2 Å². The van der Waals surface area contributed by atoms with Crippen LogP contribution in [0.2, 0.25) is 10.0 Å². The number of fused-ring (bicyclic) bond motifs is 1. The molecule has 1 amide bonds. The molecule has 24 heavy (non-hydrogen) atoms. The Balaban J connectivity index is 1.64. The molecule has 1 aliphatic heterocycles. The number of halogens is 2. The van der Waals surface area contributed by atoms with Crippen LogP contribution < -0.4 is 14.8 Å². The summed E-state index contributed by atoms with van der Waals surface area (Å²) < 4.78 is 11.1. The lowest BCUT2D eigenvalue weighted by Crippen LogP contribution is -2.28. The largest absolute Gasteiger partial charge is 0.486 e. The van der Waals surface area contributed by atoms with E-state index < -0.39 is 0 Å². The smallest absolute Gasteiger partial charge is 0.224 e. The van der Waals surface area contributed by atoms with Crippen molar-refractivity contribution in [2.75, 3.05) is 13.2 Å². The van der Waals surface area contributed by atoms with E-state index in [0.29, 0.717) is 29.0 Å². The highest BCUT2D eigenvalue weighted by molar-refractivity contribution is 6.42. The van der Waals surface area contributed by atoms with E-state index in [1.165, 1.54) is 0 Å². The lowest BCUT2D eigenvalue weighted by Gasteiger charge is -2.21. The van der Waals surface area contributed by atoms with E-state index in [4.69, 9.17) is 32.7 Å². The minimum atomic E-state index is -0.143. The van der Waals surface area contributed by atoms with Gasteiger partial charge in [-0.3, -0.25) is 4.79 Å². The van der Waals surface area contributed by atoms with Crippen molar-refractivity contribution < 1.29 is 14.3 Å². The Morgan fingerprint density at radius 2 is 1.83 bits per heavy atom. The number of nitrogens with one attached hydrogen (secondary N) is 1. The SMILES string of the molecule is C[C@@H](NC(=O)Cc1ccc(Cl)c(Cl)c1)c1ccc2c(c1)OCCO2. The number of carbonyl (C=O) groups is 1. The van der Waals surface area contributed by atoms with Crippen molar-refractivity contribution in [1.82, 2.24) is 5.32 Å². The Kier molecular flexibility index (Phi) is 5.17. The fourth-order valence-electron chi connectivity index (χ4n) is 2.54. The zero-order valence-electron chi connectivity index (χ0n) is 13.1. The maximum absolute atomic E-state index is 12.2. The Morgan fingerprint density at radius 1 is 1.08 bits per heavy atom. The van der Waals surface area contributed by atoms with Gasteiger partial charge in [0.1, 0.15) is 13.2 Å². The van der Waals surface area contributed by atoms with Gasteiger partial charge in [-0.2, -0.15) is 0 Å². The summed E-state index contributed by atoms with van der Waals surface area (Å²) >= 11 is 11.9. The third-order valence-electron chi connectivity index (χ3n) is 3.79. The molecule has 0 unspecified atom stereocenters. The van der Waals surface area contributed by atoms with Crippen molar-refractivity contribution in [3.8, 4) is 11.5 Å². The molecule has 0 fully saturated rings. The molecule has 126 valence electrons. The first-order valence-corrected chi connectivity index (χ1v) is 8.41. The molecule has 0 radical (unpaired) electrons. The number of amides is 1. The average Bonchev–Trinajstić information content (AvgIpc) is 2.57. The van der Waals surface area contributed by atoms with Crippen molar-refractivity contribution in [2.45, 2.75) is 19.4 Å². The summed E-state index contributed by atoms with van der Waals surface area (Å²) in [5.74, 6) is 1.36. The minimum absolute atomic E-state index is 0.0872. The molecule has 2 aromatic rings. The quantitative estimate of drug-likeness (QED) is 0.883. The molecule has 0 saturated heterocycles. The summed E-state index contributed by atoms with van der Waals surface area (Å²) in [6.07, 6.45) is 0.242. The van der Waals surface area contributed by atoms with E-state index >= 15 is 0 Å². The molecule has 1 N–H and O–H groups in total. The predicted molar refractivity (Wildman–Crippen MR) is 94.2 cm³/mol. The standard InChI is InChI=1S/C18H17Cl2NO3/c1-11(13-3-5-16-17(10-13)24-7-6-23-16)21-18(22)9-12-2-4-14(19)15(20)8-12/h2-5,8,10-11H,6-7,9H2,1H3,(H,21,22)/t11-/m1/s1. The van der Waals surface area contributed by atoms with Crippen LogP contribution in [0.5, 0.6) is 11.5 Å². The topological polar surface area (TPSA) is 47.6 Å². The fourth-order valence-corrected chi connectivity index (χ4v) is 2.86. The summed E-state index contributed by atoms with van der Waals surface area (Å²) in [6, 6.07) is 10.7. The fraction of sp³-hybridized carbons (Fsp3) is 0.278. The highest BCUT2D eigenvalue weighted by Gasteiger charge is 2.16. The molecular formula is C18H17Cl2NO3. The molecule has 1 heterocycles. The van der Waals surface area contributed by atoms with Gasteiger partial charge in [0.15, 0.2) is 11.5 Å². The molecule has 3 rings (SSSR count). The third-order valence-corrected chi connectivity index (χ3v) is 4.53. The zero-order chi connectivity index (χ0) is 17.1. The van der Waals surface area contributed by atoms with Gasteiger partial charge in [0, 0.05) is 0 Å². The Labute approximate surface area is 150 Å². The van der Waals surface area contributed by atoms with Crippen LogP contribution in [0.15, 0.2) is 36.4 Å². The van der Waals surface area contributed by atoms with Crippen LogP contribution in [0.1, 0.15) is 24.1 Å².